The molecule has 0 aliphatic carbocycles. The summed E-state index contributed by atoms with van der Waals surface area (Å²) in [4.78, 5) is 11.8. The minimum absolute atomic E-state index is 0.0921. The second-order valence-electron chi connectivity index (χ2n) is 3.68. The van der Waals surface area contributed by atoms with Gasteiger partial charge in [-0.15, -0.1) is 0 Å². The summed E-state index contributed by atoms with van der Waals surface area (Å²) in [6, 6.07) is 16.6. The van der Waals surface area contributed by atoms with Crippen LogP contribution in [0, 0.1) is 0 Å². The maximum absolute atomic E-state index is 11.8. The summed E-state index contributed by atoms with van der Waals surface area (Å²) in [7, 11) is 0. The van der Waals surface area contributed by atoms with Crippen molar-refractivity contribution in [2.45, 2.75) is 6.54 Å². The molecule has 0 radical (unpaired) electrons. The lowest BCUT2D eigenvalue weighted by Crippen LogP contribution is -2.22. The Balaban J connectivity index is 1.96. The molecule has 2 aromatic carbocycles. The lowest BCUT2D eigenvalue weighted by molar-refractivity contribution is 0.0951. The lowest BCUT2D eigenvalue weighted by Gasteiger charge is -2.05. The van der Waals surface area contributed by atoms with Crippen LogP contribution in [-0.4, -0.2) is 5.91 Å². The molecule has 0 aliphatic rings. The Morgan fingerprint density at radius 1 is 1.00 bits per heavy atom. The van der Waals surface area contributed by atoms with Crippen molar-refractivity contribution in [3.05, 3.63) is 70.7 Å². The van der Waals surface area contributed by atoms with Gasteiger partial charge in [0.15, 0.2) is 0 Å². The van der Waals surface area contributed by atoms with E-state index >= 15 is 0 Å². The second kappa shape index (κ2) is 5.51. The van der Waals surface area contributed by atoms with Crippen LogP contribution in [0.1, 0.15) is 15.9 Å². The Labute approximate surface area is 105 Å². The monoisotopic (exact) mass is 245 g/mol. The highest BCUT2D eigenvalue weighted by Crippen LogP contribution is 2.09. The predicted molar refractivity (Wildman–Crippen MR) is 69.1 cm³/mol. The molecule has 0 aromatic heterocycles. The number of carbonyl (C=O) groups excluding carboxylic acids is 1. The SMILES string of the molecule is O=C(NCc1ccccc1)c1ccc(Cl)cc1. The first-order chi connectivity index (χ1) is 8.25. The first-order valence-electron chi connectivity index (χ1n) is 5.33. The van der Waals surface area contributed by atoms with Crippen molar-refractivity contribution in [3.8, 4) is 0 Å². The van der Waals surface area contributed by atoms with Gasteiger partial charge >= 0.3 is 0 Å². The molecule has 0 spiro atoms. The summed E-state index contributed by atoms with van der Waals surface area (Å²) in [6.07, 6.45) is 0. The summed E-state index contributed by atoms with van der Waals surface area (Å²) in [5, 5.41) is 3.48. The molecule has 86 valence electrons. The van der Waals surface area contributed by atoms with Gasteiger partial charge in [-0.2, -0.15) is 0 Å². The minimum atomic E-state index is -0.0921. The van der Waals surface area contributed by atoms with E-state index < -0.39 is 0 Å². The van der Waals surface area contributed by atoms with Gasteiger partial charge in [-0.3, -0.25) is 4.79 Å². The standard InChI is InChI=1S/C14H12ClNO/c15-13-8-6-12(7-9-13)14(17)16-10-11-4-2-1-3-5-11/h1-9H,10H2,(H,16,17). The molecule has 17 heavy (non-hydrogen) atoms. The van der Waals surface area contributed by atoms with E-state index in [9.17, 15) is 4.79 Å². The largest absolute Gasteiger partial charge is 0.348 e. The predicted octanol–water partition coefficient (Wildman–Crippen LogP) is 3.27. The lowest BCUT2D eigenvalue weighted by atomic mass is 10.2. The fourth-order valence-electron chi connectivity index (χ4n) is 1.48. The van der Waals surface area contributed by atoms with Crippen molar-refractivity contribution in [2.75, 3.05) is 0 Å². The molecule has 0 fully saturated rings. The molecule has 0 unspecified atom stereocenters. The average molecular weight is 246 g/mol. The summed E-state index contributed by atoms with van der Waals surface area (Å²) in [5.74, 6) is -0.0921. The van der Waals surface area contributed by atoms with E-state index in [4.69, 9.17) is 11.6 Å². The van der Waals surface area contributed by atoms with Gasteiger partial charge in [0.1, 0.15) is 0 Å². The van der Waals surface area contributed by atoms with Crippen LogP contribution in [0.2, 0.25) is 5.02 Å². The zero-order chi connectivity index (χ0) is 12.1. The highest BCUT2D eigenvalue weighted by molar-refractivity contribution is 6.30. The number of hydrogen-bond acceptors (Lipinski definition) is 1. The van der Waals surface area contributed by atoms with Crippen LogP contribution in [-0.2, 0) is 6.54 Å². The second-order valence-corrected chi connectivity index (χ2v) is 4.11. The topological polar surface area (TPSA) is 29.1 Å². The summed E-state index contributed by atoms with van der Waals surface area (Å²) in [5.41, 5.74) is 1.69. The van der Waals surface area contributed by atoms with E-state index in [0.717, 1.165) is 5.56 Å². The third-order valence-corrected chi connectivity index (χ3v) is 2.65. The van der Waals surface area contributed by atoms with Crippen molar-refractivity contribution in [3.63, 3.8) is 0 Å². The molecule has 1 amide bonds. The Morgan fingerprint density at radius 2 is 1.65 bits per heavy atom. The smallest absolute Gasteiger partial charge is 0.251 e. The van der Waals surface area contributed by atoms with Gasteiger partial charge in [0.25, 0.3) is 5.91 Å². The van der Waals surface area contributed by atoms with Crippen LogP contribution >= 0.6 is 11.6 Å². The quantitative estimate of drug-likeness (QED) is 0.884. The molecule has 0 atom stereocenters. The van der Waals surface area contributed by atoms with E-state index in [1.54, 1.807) is 24.3 Å². The molecule has 2 nitrogen and oxygen atoms in total. The van der Waals surface area contributed by atoms with E-state index in [-0.39, 0.29) is 5.91 Å². The number of benzene rings is 2. The van der Waals surface area contributed by atoms with E-state index in [1.807, 2.05) is 30.3 Å². The Morgan fingerprint density at radius 3 is 2.29 bits per heavy atom. The van der Waals surface area contributed by atoms with Gasteiger partial charge < -0.3 is 5.32 Å². The van der Waals surface area contributed by atoms with Gasteiger partial charge in [0.05, 0.1) is 0 Å². The molecule has 1 N–H and O–H groups in total. The average Bonchev–Trinajstić information content (AvgIpc) is 2.38. The molecular weight excluding hydrogens is 234 g/mol. The third-order valence-electron chi connectivity index (χ3n) is 2.40. The van der Waals surface area contributed by atoms with E-state index in [0.29, 0.717) is 17.1 Å². The highest BCUT2D eigenvalue weighted by Gasteiger charge is 2.04. The Hall–Kier alpha value is -1.80. The normalized spacial score (nSPS) is 9.94. The molecule has 2 aromatic rings. The molecule has 0 bridgehead atoms. The highest BCUT2D eigenvalue weighted by atomic mass is 35.5. The zero-order valence-corrected chi connectivity index (χ0v) is 9.95. The maximum Gasteiger partial charge on any atom is 0.251 e. The van der Waals surface area contributed by atoms with Crippen LogP contribution in [0.25, 0.3) is 0 Å². The van der Waals surface area contributed by atoms with Crippen LogP contribution in [0.3, 0.4) is 0 Å². The number of rotatable bonds is 3. The molecule has 2 rings (SSSR count). The number of halogens is 1. The number of carbonyl (C=O) groups is 1. The first kappa shape index (κ1) is 11.7. The summed E-state index contributed by atoms with van der Waals surface area (Å²) >= 11 is 5.76. The molecule has 0 saturated carbocycles. The number of nitrogens with one attached hydrogen (secondary N) is 1. The third kappa shape index (κ3) is 3.33. The first-order valence-corrected chi connectivity index (χ1v) is 5.71. The van der Waals surface area contributed by atoms with Gasteiger partial charge in [0.2, 0.25) is 0 Å². The van der Waals surface area contributed by atoms with Crippen LogP contribution in [0.15, 0.2) is 54.6 Å². The van der Waals surface area contributed by atoms with Crippen LogP contribution < -0.4 is 5.32 Å². The van der Waals surface area contributed by atoms with Crippen molar-refractivity contribution in [2.24, 2.45) is 0 Å². The molecule has 0 heterocycles. The molecule has 3 heteroatoms. The number of hydrogen-bond donors (Lipinski definition) is 1. The molecular formula is C14H12ClNO. The molecule has 0 saturated heterocycles. The van der Waals surface area contributed by atoms with Crippen molar-refractivity contribution in [1.29, 1.82) is 0 Å². The summed E-state index contributed by atoms with van der Waals surface area (Å²) < 4.78 is 0. The number of amides is 1. The summed E-state index contributed by atoms with van der Waals surface area (Å²) in [6.45, 7) is 0.530. The van der Waals surface area contributed by atoms with Gasteiger partial charge in [-0.25, -0.2) is 0 Å². The van der Waals surface area contributed by atoms with Crippen LogP contribution in [0.4, 0.5) is 0 Å². The van der Waals surface area contributed by atoms with Crippen molar-refractivity contribution < 1.29 is 4.79 Å². The van der Waals surface area contributed by atoms with Crippen molar-refractivity contribution >= 4 is 17.5 Å². The zero-order valence-electron chi connectivity index (χ0n) is 9.19. The Bertz CT molecular complexity index is 493. The van der Waals surface area contributed by atoms with E-state index in [1.165, 1.54) is 0 Å². The van der Waals surface area contributed by atoms with Gasteiger partial charge in [-0.05, 0) is 29.8 Å². The minimum Gasteiger partial charge on any atom is -0.348 e. The van der Waals surface area contributed by atoms with Crippen LogP contribution in [0.5, 0.6) is 0 Å². The molecule has 0 aliphatic heterocycles. The van der Waals surface area contributed by atoms with Gasteiger partial charge in [-0.1, -0.05) is 41.9 Å². The fourth-order valence-corrected chi connectivity index (χ4v) is 1.61. The Kier molecular flexibility index (Phi) is 3.78. The van der Waals surface area contributed by atoms with E-state index in [2.05, 4.69) is 5.32 Å². The van der Waals surface area contributed by atoms with Crippen molar-refractivity contribution in [1.82, 2.24) is 5.32 Å². The van der Waals surface area contributed by atoms with Gasteiger partial charge in [0, 0.05) is 17.1 Å². The fraction of sp³-hybridized carbons (Fsp3) is 0.0714. The maximum atomic E-state index is 11.8.